The Morgan fingerprint density at radius 2 is 2.00 bits per heavy atom. The first kappa shape index (κ1) is 21.0. The minimum Gasteiger partial charge on any atom is -0.325 e. The summed E-state index contributed by atoms with van der Waals surface area (Å²) >= 11 is 15.2. The van der Waals surface area contributed by atoms with Crippen LogP contribution in [0.4, 0.5) is 5.69 Å². The number of thioether (sulfide) groups is 2. The van der Waals surface area contributed by atoms with Crippen molar-refractivity contribution >= 4 is 58.3 Å². The summed E-state index contributed by atoms with van der Waals surface area (Å²) in [6.45, 7) is 2.65. The normalized spacial score (nSPS) is 10.9. The average Bonchev–Trinajstić information content (AvgIpc) is 3.09. The molecule has 0 bridgehead atoms. The van der Waals surface area contributed by atoms with Gasteiger partial charge in [0.1, 0.15) is 0 Å². The minimum absolute atomic E-state index is 0.0972. The Bertz CT molecular complexity index is 994. The van der Waals surface area contributed by atoms with Crippen molar-refractivity contribution < 1.29 is 4.79 Å². The fraction of sp³-hybridized carbons (Fsp3) is 0.211. The van der Waals surface area contributed by atoms with Gasteiger partial charge in [0, 0.05) is 27.7 Å². The molecular weight excluding hydrogens is 435 g/mol. The van der Waals surface area contributed by atoms with Crippen LogP contribution in [0.25, 0.3) is 11.4 Å². The first-order valence-corrected chi connectivity index (χ1v) is 11.4. The second kappa shape index (κ2) is 9.69. The molecule has 3 aromatic rings. The lowest BCUT2D eigenvalue weighted by molar-refractivity contribution is -0.113. The molecule has 146 valence electrons. The maximum Gasteiger partial charge on any atom is 0.234 e. The Hall–Kier alpha value is -1.67. The van der Waals surface area contributed by atoms with Gasteiger partial charge < -0.3 is 9.88 Å². The van der Waals surface area contributed by atoms with Crippen molar-refractivity contribution in [2.45, 2.75) is 23.5 Å². The molecule has 1 N–H and O–H groups in total. The predicted molar refractivity (Wildman–Crippen MR) is 119 cm³/mol. The third-order valence-electron chi connectivity index (χ3n) is 3.89. The largest absolute Gasteiger partial charge is 0.325 e. The van der Waals surface area contributed by atoms with Gasteiger partial charge in [0.05, 0.1) is 10.8 Å². The molecule has 1 amide bonds. The molecule has 5 nitrogen and oxygen atoms in total. The molecule has 0 spiro atoms. The van der Waals surface area contributed by atoms with E-state index in [-0.39, 0.29) is 11.7 Å². The first-order chi connectivity index (χ1) is 13.5. The Morgan fingerprint density at radius 3 is 2.71 bits per heavy atom. The van der Waals surface area contributed by atoms with Crippen molar-refractivity contribution in [1.29, 1.82) is 0 Å². The number of anilines is 1. The molecule has 1 heterocycles. The fourth-order valence-electron chi connectivity index (χ4n) is 2.58. The van der Waals surface area contributed by atoms with Gasteiger partial charge >= 0.3 is 0 Å². The zero-order valence-corrected chi connectivity index (χ0v) is 18.4. The van der Waals surface area contributed by atoms with Crippen molar-refractivity contribution in [3.63, 3.8) is 0 Å². The number of hydrogen-bond donors (Lipinski definition) is 1. The van der Waals surface area contributed by atoms with Gasteiger partial charge in [0.15, 0.2) is 11.0 Å². The van der Waals surface area contributed by atoms with E-state index >= 15 is 0 Å². The third-order valence-corrected chi connectivity index (χ3v) is 6.13. The number of carbonyl (C=O) groups excluding carboxylic acids is 1. The first-order valence-electron chi connectivity index (χ1n) is 8.47. The van der Waals surface area contributed by atoms with E-state index in [1.54, 1.807) is 23.9 Å². The Kier molecular flexibility index (Phi) is 7.29. The molecule has 0 fully saturated rings. The molecule has 9 heteroatoms. The lowest BCUT2D eigenvalue weighted by Crippen LogP contribution is -2.14. The number of rotatable bonds is 7. The highest BCUT2D eigenvalue weighted by atomic mass is 35.5. The summed E-state index contributed by atoms with van der Waals surface area (Å²) in [5.74, 6) is 0.787. The quantitative estimate of drug-likeness (QED) is 0.464. The van der Waals surface area contributed by atoms with Crippen LogP contribution >= 0.6 is 46.7 Å². The molecule has 1 aromatic heterocycles. The van der Waals surface area contributed by atoms with E-state index in [1.807, 2.05) is 48.1 Å². The van der Waals surface area contributed by atoms with E-state index < -0.39 is 0 Å². The molecule has 0 atom stereocenters. The van der Waals surface area contributed by atoms with Gasteiger partial charge in [-0.15, -0.1) is 22.0 Å². The zero-order chi connectivity index (χ0) is 20.1. The highest BCUT2D eigenvalue weighted by Gasteiger charge is 2.17. The molecule has 0 aliphatic heterocycles. The van der Waals surface area contributed by atoms with Crippen molar-refractivity contribution in [2.24, 2.45) is 0 Å². The Labute approximate surface area is 182 Å². The van der Waals surface area contributed by atoms with Crippen LogP contribution in [0.5, 0.6) is 0 Å². The van der Waals surface area contributed by atoms with Gasteiger partial charge in [0.2, 0.25) is 5.91 Å². The smallest absolute Gasteiger partial charge is 0.234 e. The van der Waals surface area contributed by atoms with Gasteiger partial charge in [-0.25, -0.2) is 0 Å². The lowest BCUT2D eigenvalue weighted by atomic mass is 10.2. The van der Waals surface area contributed by atoms with Crippen LogP contribution in [0.2, 0.25) is 10.0 Å². The fourth-order valence-corrected chi connectivity index (χ4v) is 4.33. The van der Waals surface area contributed by atoms with Crippen molar-refractivity contribution in [1.82, 2.24) is 14.8 Å². The summed E-state index contributed by atoms with van der Waals surface area (Å²) < 4.78 is 1.93. The van der Waals surface area contributed by atoms with Crippen molar-refractivity contribution in [3.8, 4) is 11.4 Å². The maximum absolute atomic E-state index is 12.3. The van der Waals surface area contributed by atoms with Gasteiger partial charge in [-0.1, -0.05) is 41.0 Å². The number of hydrogen-bond acceptors (Lipinski definition) is 5. The number of halogens is 2. The van der Waals surface area contributed by atoms with Crippen molar-refractivity contribution in [2.75, 3.05) is 17.3 Å². The van der Waals surface area contributed by atoms with Crippen LogP contribution in [-0.4, -0.2) is 32.7 Å². The van der Waals surface area contributed by atoms with Gasteiger partial charge in [0.25, 0.3) is 0 Å². The molecule has 3 rings (SSSR count). The number of aromatic nitrogens is 3. The molecule has 0 saturated heterocycles. The predicted octanol–water partition coefficient (Wildman–Crippen LogP) is 5.72. The van der Waals surface area contributed by atoms with Crippen LogP contribution in [-0.2, 0) is 11.3 Å². The second-order valence-electron chi connectivity index (χ2n) is 5.74. The van der Waals surface area contributed by atoms with E-state index in [2.05, 4.69) is 15.5 Å². The maximum atomic E-state index is 12.3. The summed E-state index contributed by atoms with van der Waals surface area (Å²) in [5, 5.41) is 13.1. The van der Waals surface area contributed by atoms with Crippen LogP contribution in [0.3, 0.4) is 0 Å². The number of carbonyl (C=O) groups is 1. The number of benzene rings is 2. The monoisotopic (exact) mass is 452 g/mol. The standard InChI is InChI=1S/C19H18Cl2N4OS2/c1-3-25-18(15-8-7-12(20)9-16(15)21)23-24-19(25)28-11-17(26)22-13-5-4-6-14(10-13)27-2/h4-10H,3,11H2,1-2H3,(H,22,26). The Balaban J connectivity index is 1.71. The summed E-state index contributed by atoms with van der Waals surface area (Å²) in [4.78, 5) is 13.4. The molecular formula is C19H18Cl2N4OS2. The molecule has 2 aromatic carbocycles. The van der Waals surface area contributed by atoms with E-state index in [9.17, 15) is 4.79 Å². The van der Waals surface area contributed by atoms with E-state index in [4.69, 9.17) is 23.2 Å². The van der Waals surface area contributed by atoms with Crippen LogP contribution in [0, 0.1) is 0 Å². The van der Waals surface area contributed by atoms with Gasteiger partial charge in [-0.2, -0.15) is 0 Å². The number of nitrogens with zero attached hydrogens (tertiary/aromatic N) is 3. The number of nitrogens with one attached hydrogen (secondary N) is 1. The molecule has 0 aliphatic rings. The van der Waals surface area contributed by atoms with E-state index in [0.717, 1.165) is 16.1 Å². The van der Waals surface area contributed by atoms with Crippen molar-refractivity contribution in [3.05, 3.63) is 52.5 Å². The molecule has 28 heavy (non-hydrogen) atoms. The van der Waals surface area contributed by atoms with Crippen LogP contribution in [0.15, 0.2) is 52.5 Å². The minimum atomic E-state index is -0.0972. The molecule has 0 radical (unpaired) electrons. The van der Waals surface area contributed by atoms with E-state index in [0.29, 0.717) is 27.6 Å². The molecule has 0 saturated carbocycles. The molecule has 0 aliphatic carbocycles. The summed E-state index contributed by atoms with van der Waals surface area (Å²) in [6, 6.07) is 13.0. The highest BCUT2D eigenvalue weighted by Crippen LogP contribution is 2.31. The summed E-state index contributed by atoms with van der Waals surface area (Å²) in [5.41, 5.74) is 1.54. The molecule has 0 unspecified atom stereocenters. The second-order valence-corrected chi connectivity index (χ2v) is 8.41. The average molecular weight is 453 g/mol. The highest BCUT2D eigenvalue weighted by molar-refractivity contribution is 7.99. The lowest BCUT2D eigenvalue weighted by Gasteiger charge is -2.09. The van der Waals surface area contributed by atoms with E-state index in [1.165, 1.54) is 11.8 Å². The van der Waals surface area contributed by atoms with Gasteiger partial charge in [-0.3, -0.25) is 4.79 Å². The third kappa shape index (κ3) is 5.03. The zero-order valence-electron chi connectivity index (χ0n) is 15.3. The topological polar surface area (TPSA) is 59.8 Å². The SMILES string of the molecule is CCn1c(SCC(=O)Nc2cccc(SC)c2)nnc1-c1ccc(Cl)cc1Cl. The van der Waals surface area contributed by atoms with Crippen LogP contribution in [0.1, 0.15) is 6.92 Å². The number of amides is 1. The van der Waals surface area contributed by atoms with Gasteiger partial charge in [-0.05, 0) is 49.6 Å². The Morgan fingerprint density at radius 1 is 1.18 bits per heavy atom. The summed E-state index contributed by atoms with van der Waals surface area (Å²) in [6.07, 6.45) is 2.00. The van der Waals surface area contributed by atoms with Crippen LogP contribution < -0.4 is 5.32 Å². The summed E-state index contributed by atoms with van der Waals surface area (Å²) in [7, 11) is 0.